The van der Waals surface area contributed by atoms with Crippen molar-refractivity contribution >= 4 is 5.97 Å². The molecule has 1 aliphatic carbocycles. The Bertz CT molecular complexity index is 775. The van der Waals surface area contributed by atoms with Crippen molar-refractivity contribution in [3.05, 3.63) is 70.3 Å². The molecule has 0 heterocycles. The van der Waals surface area contributed by atoms with Crippen molar-refractivity contribution in [2.75, 3.05) is 0 Å². The molecule has 25 heavy (non-hydrogen) atoms. The molecule has 0 saturated carbocycles. The molecule has 0 aromatic heterocycles. The monoisotopic (exact) mass is 336 g/mol. The molecule has 2 heteroatoms. The van der Waals surface area contributed by atoms with Crippen molar-refractivity contribution in [2.45, 2.75) is 58.3 Å². The number of aryl methyl sites for hydroxylation is 3. The Kier molecular flexibility index (Phi) is 4.73. The van der Waals surface area contributed by atoms with E-state index in [1.54, 1.807) is 0 Å². The van der Waals surface area contributed by atoms with Gasteiger partial charge in [0.25, 0.3) is 0 Å². The minimum atomic E-state index is -0.703. The second-order valence-electron chi connectivity index (χ2n) is 8.01. The van der Waals surface area contributed by atoms with Crippen LogP contribution in [0.1, 0.15) is 60.4 Å². The van der Waals surface area contributed by atoms with E-state index < -0.39 is 5.97 Å². The summed E-state index contributed by atoms with van der Waals surface area (Å²) in [6.45, 7) is 8.39. The van der Waals surface area contributed by atoms with Crippen molar-refractivity contribution in [1.29, 1.82) is 0 Å². The maximum Gasteiger partial charge on any atom is 0.306 e. The number of rotatable bonds is 4. The number of fused-ring (bicyclic) bond motifs is 1. The third-order valence-corrected chi connectivity index (χ3v) is 6.08. The summed E-state index contributed by atoms with van der Waals surface area (Å²) < 4.78 is 0. The van der Waals surface area contributed by atoms with Gasteiger partial charge >= 0.3 is 5.97 Å². The van der Waals surface area contributed by atoms with Crippen LogP contribution in [0.2, 0.25) is 0 Å². The highest BCUT2D eigenvalue weighted by atomic mass is 16.4. The summed E-state index contributed by atoms with van der Waals surface area (Å²) in [5.74, 6) is -0.821. The lowest BCUT2D eigenvalue weighted by Gasteiger charge is -2.44. The molecule has 2 aromatic rings. The molecule has 2 aromatic carbocycles. The standard InChI is InChI=1S/C23H28O2/c1-15-5-8-19(9-6-15)23(4)12-11-18-13-16(2)7-10-20(18)21(23)14-17(3)22(24)25/h5-10,13,17,21H,11-12,14H2,1-4H3,(H,24,25). The van der Waals surface area contributed by atoms with Crippen LogP contribution < -0.4 is 0 Å². The molecule has 0 amide bonds. The summed E-state index contributed by atoms with van der Waals surface area (Å²) in [7, 11) is 0. The zero-order valence-corrected chi connectivity index (χ0v) is 15.7. The summed E-state index contributed by atoms with van der Waals surface area (Å²) in [4.78, 5) is 11.5. The van der Waals surface area contributed by atoms with Gasteiger partial charge in [-0.3, -0.25) is 4.79 Å². The smallest absolute Gasteiger partial charge is 0.306 e. The second kappa shape index (κ2) is 6.67. The highest BCUT2D eigenvalue weighted by molar-refractivity contribution is 5.69. The maximum absolute atomic E-state index is 11.5. The Labute approximate surface area is 150 Å². The molecule has 3 rings (SSSR count). The zero-order valence-electron chi connectivity index (χ0n) is 15.7. The lowest BCUT2D eigenvalue weighted by Crippen LogP contribution is -2.37. The van der Waals surface area contributed by atoms with Crippen LogP contribution in [0, 0.1) is 19.8 Å². The molecule has 2 nitrogen and oxygen atoms in total. The first-order chi connectivity index (χ1) is 11.8. The summed E-state index contributed by atoms with van der Waals surface area (Å²) in [5.41, 5.74) is 6.57. The van der Waals surface area contributed by atoms with Crippen LogP contribution >= 0.6 is 0 Å². The molecule has 0 spiro atoms. The highest BCUT2D eigenvalue weighted by Crippen LogP contribution is 2.50. The third-order valence-electron chi connectivity index (χ3n) is 6.08. The Morgan fingerprint density at radius 2 is 1.80 bits per heavy atom. The van der Waals surface area contributed by atoms with Gasteiger partial charge < -0.3 is 5.11 Å². The van der Waals surface area contributed by atoms with Gasteiger partial charge in [0, 0.05) is 0 Å². The quantitative estimate of drug-likeness (QED) is 0.811. The molecule has 0 aliphatic heterocycles. The molecule has 3 unspecified atom stereocenters. The number of hydrogen-bond acceptors (Lipinski definition) is 1. The largest absolute Gasteiger partial charge is 0.481 e. The van der Waals surface area contributed by atoms with Crippen LogP contribution in [-0.2, 0) is 16.6 Å². The zero-order chi connectivity index (χ0) is 18.2. The van der Waals surface area contributed by atoms with Gasteiger partial charge in [-0.15, -0.1) is 0 Å². The fourth-order valence-electron chi connectivity index (χ4n) is 4.32. The highest BCUT2D eigenvalue weighted by Gasteiger charge is 2.42. The molecular weight excluding hydrogens is 308 g/mol. The molecular formula is C23H28O2. The van der Waals surface area contributed by atoms with Gasteiger partial charge in [-0.1, -0.05) is 67.4 Å². The molecule has 0 radical (unpaired) electrons. The van der Waals surface area contributed by atoms with E-state index in [4.69, 9.17) is 0 Å². The molecule has 0 bridgehead atoms. The van der Waals surface area contributed by atoms with Crippen molar-refractivity contribution in [3.63, 3.8) is 0 Å². The topological polar surface area (TPSA) is 37.3 Å². The van der Waals surface area contributed by atoms with Crippen LogP contribution in [0.3, 0.4) is 0 Å². The first-order valence-corrected chi connectivity index (χ1v) is 9.20. The van der Waals surface area contributed by atoms with Crippen LogP contribution in [0.25, 0.3) is 0 Å². The predicted molar refractivity (Wildman–Crippen MR) is 102 cm³/mol. The van der Waals surface area contributed by atoms with Gasteiger partial charge in [-0.25, -0.2) is 0 Å². The Balaban J connectivity index is 2.08. The van der Waals surface area contributed by atoms with E-state index in [9.17, 15) is 9.90 Å². The van der Waals surface area contributed by atoms with Gasteiger partial charge in [0.15, 0.2) is 0 Å². The number of hydrogen-bond donors (Lipinski definition) is 1. The first-order valence-electron chi connectivity index (χ1n) is 9.20. The molecule has 132 valence electrons. The lowest BCUT2D eigenvalue weighted by atomic mass is 9.59. The minimum absolute atomic E-state index is 0.0281. The average molecular weight is 336 g/mol. The maximum atomic E-state index is 11.5. The van der Waals surface area contributed by atoms with E-state index in [0.717, 1.165) is 12.8 Å². The fourth-order valence-corrected chi connectivity index (χ4v) is 4.32. The average Bonchev–Trinajstić information content (AvgIpc) is 2.57. The SMILES string of the molecule is Cc1ccc(C2(C)CCc3cc(C)ccc3C2CC(C)C(=O)O)cc1. The fraction of sp³-hybridized carbons (Fsp3) is 0.435. The second-order valence-corrected chi connectivity index (χ2v) is 8.01. The Morgan fingerprint density at radius 3 is 2.44 bits per heavy atom. The minimum Gasteiger partial charge on any atom is -0.481 e. The lowest BCUT2D eigenvalue weighted by molar-refractivity contribution is -0.141. The molecule has 1 aliphatic rings. The van der Waals surface area contributed by atoms with Gasteiger partial charge in [0.05, 0.1) is 5.92 Å². The van der Waals surface area contributed by atoms with E-state index in [-0.39, 0.29) is 17.3 Å². The normalized spacial score (nSPS) is 23.8. The summed E-state index contributed by atoms with van der Waals surface area (Å²) in [6, 6.07) is 15.5. The van der Waals surface area contributed by atoms with Gasteiger partial charge in [-0.05, 0) is 61.1 Å². The van der Waals surface area contributed by atoms with Gasteiger partial charge in [0.1, 0.15) is 0 Å². The van der Waals surface area contributed by atoms with E-state index >= 15 is 0 Å². The molecule has 1 N–H and O–H groups in total. The van der Waals surface area contributed by atoms with E-state index in [1.165, 1.54) is 27.8 Å². The number of carboxylic acids is 1. The number of aliphatic carboxylic acids is 1. The van der Waals surface area contributed by atoms with Crippen LogP contribution in [0.4, 0.5) is 0 Å². The number of benzene rings is 2. The van der Waals surface area contributed by atoms with Crippen molar-refractivity contribution < 1.29 is 9.90 Å². The van der Waals surface area contributed by atoms with Crippen LogP contribution in [0.15, 0.2) is 42.5 Å². The Hall–Kier alpha value is -2.09. The molecule has 3 atom stereocenters. The van der Waals surface area contributed by atoms with Crippen molar-refractivity contribution in [3.8, 4) is 0 Å². The molecule has 0 saturated heterocycles. The summed E-state index contributed by atoms with van der Waals surface area (Å²) in [6.07, 6.45) is 2.79. The van der Waals surface area contributed by atoms with Crippen LogP contribution in [0.5, 0.6) is 0 Å². The summed E-state index contributed by atoms with van der Waals surface area (Å²) >= 11 is 0. The van der Waals surface area contributed by atoms with Gasteiger partial charge in [0.2, 0.25) is 0 Å². The van der Waals surface area contributed by atoms with Crippen LogP contribution in [-0.4, -0.2) is 11.1 Å². The van der Waals surface area contributed by atoms with E-state index in [1.807, 2.05) is 6.92 Å². The van der Waals surface area contributed by atoms with Crippen molar-refractivity contribution in [1.82, 2.24) is 0 Å². The van der Waals surface area contributed by atoms with Crippen molar-refractivity contribution in [2.24, 2.45) is 5.92 Å². The Morgan fingerprint density at radius 1 is 1.16 bits per heavy atom. The third kappa shape index (κ3) is 3.35. The summed E-state index contributed by atoms with van der Waals surface area (Å²) in [5, 5.41) is 9.48. The number of carboxylic acid groups (broad SMARTS) is 1. The van der Waals surface area contributed by atoms with Gasteiger partial charge in [-0.2, -0.15) is 0 Å². The predicted octanol–water partition coefficient (Wildman–Crippen LogP) is 5.40. The number of carbonyl (C=O) groups is 1. The van der Waals surface area contributed by atoms with E-state index in [0.29, 0.717) is 6.42 Å². The first kappa shape index (κ1) is 17.7. The molecule has 0 fully saturated rings. The van der Waals surface area contributed by atoms with E-state index in [2.05, 4.69) is 63.2 Å².